The maximum atomic E-state index is 12.1. The maximum absolute atomic E-state index is 12.1. The molecule has 5 nitrogen and oxygen atoms in total. The first kappa shape index (κ1) is 17.4. The Kier molecular flexibility index (Phi) is 7.08. The molecule has 0 radical (unpaired) electrons. The summed E-state index contributed by atoms with van der Waals surface area (Å²) in [6, 6.07) is 8.25. The van der Waals surface area contributed by atoms with Crippen LogP contribution in [0.15, 0.2) is 35.2 Å². The summed E-state index contributed by atoms with van der Waals surface area (Å²) in [6.45, 7) is 3.48. The van der Waals surface area contributed by atoms with E-state index in [4.69, 9.17) is 0 Å². The van der Waals surface area contributed by atoms with E-state index in [2.05, 4.69) is 10.1 Å². The van der Waals surface area contributed by atoms with Crippen LogP contribution in [0, 0.1) is 5.92 Å². The molecule has 0 aliphatic rings. The van der Waals surface area contributed by atoms with E-state index in [0.29, 0.717) is 4.90 Å². The lowest BCUT2D eigenvalue weighted by Crippen LogP contribution is -2.44. The molecule has 0 spiro atoms. The Bertz CT molecular complexity index is 502. The average molecular weight is 311 g/mol. The van der Waals surface area contributed by atoms with E-state index in [1.54, 1.807) is 26.0 Å². The van der Waals surface area contributed by atoms with E-state index in [1.807, 2.05) is 18.2 Å². The molecule has 1 amide bonds. The Labute approximate surface area is 127 Å². The monoisotopic (exact) mass is 311 g/mol. The highest BCUT2D eigenvalue weighted by Gasteiger charge is 2.23. The van der Waals surface area contributed by atoms with Gasteiger partial charge >= 0.3 is 5.97 Å². The number of carbonyl (C=O) groups excluding carboxylic acids is 2. The van der Waals surface area contributed by atoms with Crippen LogP contribution in [0.1, 0.15) is 20.3 Å². The second kappa shape index (κ2) is 8.56. The highest BCUT2D eigenvalue weighted by molar-refractivity contribution is 7.85. The normalized spacial score (nSPS) is 13.5. The van der Waals surface area contributed by atoms with Crippen LogP contribution in [0.3, 0.4) is 0 Å². The van der Waals surface area contributed by atoms with Gasteiger partial charge in [0.05, 0.1) is 17.9 Å². The molecule has 0 saturated heterocycles. The molecule has 1 N–H and O–H groups in total. The number of amides is 1. The van der Waals surface area contributed by atoms with Crippen LogP contribution in [0.5, 0.6) is 0 Å². The predicted octanol–water partition coefficient (Wildman–Crippen LogP) is 1.50. The third-order valence-corrected chi connectivity index (χ3v) is 4.33. The van der Waals surface area contributed by atoms with Crippen molar-refractivity contribution in [3.8, 4) is 0 Å². The summed E-state index contributed by atoms with van der Waals surface area (Å²) in [6.07, 6.45) is 0.270. The largest absolute Gasteiger partial charge is 0.467 e. The standard InChI is InChI=1S/C15H21NO4S/c1-11(2)14(17)16-13(15(18)20-3)9-10-21(19)12-7-5-4-6-8-12/h4-8,11,13H,9-10H2,1-3H3,(H,16,17)/t13-,21+/m0/s1. The highest BCUT2D eigenvalue weighted by Crippen LogP contribution is 2.09. The fraction of sp³-hybridized carbons (Fsp3) is 0.467. The van der Waals surface area contributed by atoms with Gasteiger partial charge in [-0.25, -0.2) is 4.79 Å². The third-order valence-electron chi connectivity index (χ3n) is 2.92. The summed E-state index contributed by atoms with van der Waals surface area (Å²) in [5.74, 6) is -0.691. The lowest BCUT2D eigenvalue weighted by Gasteiger charge is -2.17. The molecule has 116 valence electrons. The highest BCUT2D eigenvalue weighted by atomic mass is 32.2. The zero-order chi connectivity index (χ0) is 15.8. The molecule has 0 aliphatic heterocycles. The molecule has 0 bridgehead atoms. The Morgan fingerprint density at radius 3 is 2.38 bits per heavy atom. The van der Waals surface area contributed by atoms with Crippen LogP contribution in [-0.4, -0.2) is 35.0 Å². The van der Waals surface area contributed by atoms with Crippen molar-refractivity contribution in [2.75, 3.05) is 12.9 Å². The number of ether oxygens (including phenoxy) is 1. The first-order valence-corrected chi connectivity index (χ1v) is 8.09. The number of nitrogens with one attached hydrogen (secondary N) is 1. The number of rotatable bonds is 7. The summed E-state index contributed by atoms with van der Waals surface area (Å²) >= 11 is 0. The lowest BCUT2D eigenvalue weighted by molar-refractivity contribution is -0.145. The third kappa shape index (κ3) is 5.67. The Morgan fingerprint density at radius 2 is 1.86 bits per heavy atom. The van der Waals surface area contributed by atoms with Gasteiger partial charge in [0.2, 0.25) is 5.91 Å². The van der Waals surface area contributed by atoms with Crippen molar-refractivity contribution >= 4 is 22.7 Å². The first-order chi connectivity index (χ1) is 9.95. The average Bonchev–Trinajstić information content (AvgIpc) is 2.50. The minimum absolute atomic E-state index is 0.225. The van der Waals surface area contributed by atoms with E-state index in [1.165, 1.54) is 7.11 Å². The second-order valence-corrected chi connectivity index (χ2v) is 6.46. The van der Waals surface area contributed by atoms with Crippen LogP contribution in [0.25, 0.3) is 0 Å². The fourth-order valence-corrected chi connectivity index (χ4v) is 2.79. The number of methoxy groups -OCH3 is 1. The van der Waals surface area contributed by atoms with E-state index in [9.17, 15) is 13.8 Å². The predicted molar refractivity (Wildman–Crippen MR) is 81.1 cm³/mol. The smallest absolute Gasteiger partial charge is 0.328 e. The molecule has 0 unspecified atom stereocenters. The quantitative estimate of drug-likeness (QED) is 0.775. The van der Waals surface area contributed by atoms with Gasteiger partial charge in [-0.15, -0.1) is 0 Å². The van der Waals surface area contributed by atoms with Crippen LogP contribution in [0.2, 0.25) is 0 Å². The SMILES string of the molecule is COC(=O)[C@H](CC[S@@](=O)c1ccccc1)NC(=O)C(C)C. The van der Waals surface area contributed by atoms with Gasteiger partial charge in [0.15, 0.2) is 0 Å². The van der Waals surface area contributed by atoms with Crippen molar-refractivity contribution < 1.29 is 18.5 Å². The molecule has 1 rings (SSSR count). The molecule has 0 aromatic heterocycles. The van der Waals surface area contributed by atoms with E-state index in [0.717, 1.165) is 0 Å². The zero-order valence-electron chi connectivity index (χ0n) is 12.5. The van der Waals surface area contributed by atoms with Gasteiger partial charge in [-0.3, -0.25) is 9.00 Å². The molecular weight excluding hydrogens is 290 g/mol. The molecule has 0 aliphatic carbocycles. The zero-order valence-corrected chi connectivity index (χ0v) is 13.3. The molecule has 1 aromatic carbocycles. The first-order valence-electron chi connectivity index (χ1n) is 6.77. The molecule has 0 saturated carbocycles. The molecule has 21 heavy (non-hydrogen) atoms. The van der Waals surface area contributed by atoms with E-state index < -0.39 is 22.8 Å². The molecule has 1 aromatic rings. The lowest BCUT2D eigenvalue weighted by atomic mass is 10.1. The summed E-state index contributed by atoms with van der Waals surface area (Å²) in [5, 5.41) is 2.63. The molecule has 6 heteroatoms. The van der Waals surface area contributed by atoms with Gasteiger partial charge in [-0.2, -0.15) is 0 Å². The van der Waals surface area contributed by atoms with Crippen LogP contribution >= 0.6 is 0 Å². The van der Waals surface area contributed by atoms with Gasteiger partial charge in [-0.05, 0) is 18.6 Å². The summed E-state index contributed by atoms with van der Waals surface area (Å²) < 4.78 is 16.8. The van der Waals surface area contributed by atoms with Crippen molar-refractivity contribution in [2.24, 2.45) is 5.92 Å². The summed E-state index contributed by atoms with van der Waals surface area (Å²) in [7, 11) is 0.0618. The van der Waals surface area contributed by atoms with Crippen LogP contribution in [-0.2, 0) is 25.1 Å². The topological polar surface area (TPSA) is 72.5 Å². The van der Waals surface area contributed by atoms with Crippen LogP contribution < -0.4 is 5.32 Å². The number of hydrogen-bond donors (Lipinski definition) is 1. The van der Waals surface area contributed by atoms with Gasteiger partial charge in [0.1, 0.15) is 6.04 Å². The minimum atomic E-state index is -1.21. The number of esters is 1. The maximum Gasteiger partial charge on any atom is 0.328 e. The summed E-state index contributed by atoms with van der Waals surface area (Å²) in [5.41, 5.74) is 0. The Hall–Kier alpha value is -1.69. The molecule has 0 heterocycles. The number of hydrogen-bond acceptors (Lipinski definition) is 4. The Balaban J connectivity index is 2.63. The van der Waals surface area contributed by atoms with Gasteiger partial charge < -0.3 is 10.1 Å². The minimum Gasteiger partial charge on any atom is -0.467 e. The van der Waals surface area contributed by atoms with Gasteiger partial charge in [0, 0.05) is 16.6 Å². The van der Waals surface area contributed by atoms with E-state index >= 15 is 0 Å². The van der Waals surface area contributed by atoms with Gasteiger partial charge in [-0.1, -0.05) is 32.0 Å². The van der Waals surface area contributed by atoms with E-state index in [-0.39, 0.29) is 24.0 Å². The van der Waals surface area contributed by atoms with Crippen molar-refractivity contribution in [3.05, 3.63) is 30.3 Å². The molecule has 0 fully saturated rings. The van der Waals surface area contributed by atoms with Crippen molar-refractivity contribution in [1.29, 1.82) is 0 Å². The van der Waals surface area contributed by atoms with Gasteiger partial charge in [0.25, 0.3) is 0 Å². The molecule has 2 atom stereocenters. The number of benzene rings is 1. The number of carbonyl (C=O) groups is 2. The van der Waals surface area contributed by atoms with Crippen molar-refractivity contribution in [3.63, 3.8) is 0 Å². The van der Waals surface area contributed by atoms with Crippen molar-refractivity contribution in [2.45, 2.75) is 31.2 Å². The summed E-state index contributed by atoms with van der Waals surface area (Å²) in [4.78, 5) is 24.1. The molecular formula is C15H21NO4S. The van der Waals surface area contributed by atoms with Crippen molar-refractivity contribution in [1.82, 2.24) is 5.32 Å². The Morgan fingerprint density at radius 1 is 1.24 bits per heavy atom. The fourth-order valence-electron chi connectivity index (χ4n) is 1.64. The van der Waals surface area contributed by atoms with Crippen LogP contribution in [0.4, 0.5) is 0 Å². The second-order valence-electron chi connectivity index (χ2n) is 4.89.